The van der Waals surface area contributed by atoms with Crippen LogP contribution in [0.15, 0.2) is 16.6 Å². The highest BCUT2D eigenvalue weighted by Crippen LogP contribution is 2.20. The Morgan fingerprint density at radius 2 is 1.86 bits per heavy atom. The number of aldehydes is 1. The van der Waals surface area contributed by atoms with Crippen molar-refractivity contribution in [3.8, 4) is 0 Å². The fraction of sp³-hybridized carbons (Fsp3) is 0.300. The molecular weight excluding hydrogens is 254 g/mol. The van der Waals surface area contributed by atoms with E-state index in [2.05, 4.69) is 15.9 Å². The van der Waals surface area contributed by atoms with E-state index in [9.17, 15) is 13.6 Å². The summed E-state index contributed by atoms with van der Waals surface area (Å²) in [6.45, 7) is 0. The molecule has 0 unspecified atom stereocenters. The lowest BCUT2D eigenvalue weighted by atomic mass is 10.1. The second-order valence-corrected chi connectivity index (χ2v) is 3.82. The molecule has 0 radical (unpaired) electrons. The average Bonchev–Trinajstić information content (AvgIpc) is 2.09. The first-order chi connectivity index (χ1) is 6.65. The van der Waals surface area contributed by atoms with Crippen LogP contribution >= 0.6 is 15.9 Å². The van der Waals surface area contributed by atoms with E-state index >= 15 is 0 Å². The molecule has 0 fully saturated rings. The van der Waals surface area contributed by atoms with Gasteiger partial charge in [-0.05, 0) is 25.0 Å². The molecule has 0 aliphatic rings. The van der Waals surface area contributed by atoms with Crippen molar-refractivity contribution >= 4 is 22.2 Å². The maximum Gasteiger partial charge on any atom is 0.130 e. The largest absolute Gasteiger partial charge is 0.303 e. The lowest BCUT2D eigenvalue weighted by molar-refractivity contribution is -0.107. The summed E-state index contributed by atoms with van der Waals surface area (Å²) in [5, 5.41) is 0. The molecule has 76 valence electrons. The fourth-order valence-electron chi connectivity index (χ4n) is 1.17. The Labute approximate surface area is 89.3 Å². The zero-order valence-electron chi connectivity index (χ0n) is 7.40. The molecule has 0 spiro atoms. The number of halogens is 3. The van der Waals surface area contributed by atoms with Crippen LogP contribution in [-0.4, -0.2) is 6.29 Å². The van der Waals surface area contributed by atoms with Crippen molar-refractivity contribution in [1.29, 1.82) is 0 Å². The topological polar surface area (TPSA) is 17.1 Å². The van der Waals surface area contributed by atoms with E-state index in [0.29, 0.717) is 17.3 Å². The van der Waals surface area contributed by atoms with Crippen LogP contribution in [0.5, 0.6) is 0 Å². The lowest BCUT2D eigenvalue weighted by Gasteiger charge is -2.04. The summed E-state index contributed by atoms with van der Waals surface area (Å²) in [6.07, 6.45) is 1.80. The molecule has 4 heteroatoms. The Hall–Kier alpha value is -0.770. The molecule has 14 heavy (non-hydrogen) atoms. The van der Waals surface area contributed by atoms with E-state index in [4.69, 9.17) is 0 Å². The summed E-state index contributed by atoms with van der Waals surface area (Å²) in [7, 11) is 0. The van der Waals surface area contributed by atoms with Crippen molar-refractivity contribution in [1.82, 2.24) is 0 Å². The Balaban J connectivity index is 2.80. The molecule has 0 aliphatic carbocycles. The van der Waals surface area contributed by atoms with Crippen molar-refractivity contribution < 1.29 is 13.6 Å². The van der Waals surface area contributed by atoms with Crippen LogP contribution in [-0.2, 0) is 11.2 Å². The first kappa shape index (κ1) is 11.3. The summed E-state index contributed by atoms with van der Waals surface area (Å²) in [4.78, 5) is 10.0. The summed E-state index contributed by atoms with van der Waals surface area (Å²) in [6, 6.07) is 2.44. The van der Waals surface area contributed by atoms with E-state index in [1.807, 2.05) is 0 Å². The van der Waals surface area contributed by atoms with Crippen LogP contribution < -0.4 is 0 Å². The van der Waals surface area contributed by atoms with E-state index < -0.39 is 11.6 Å². The molecular formula is C10H9BrF2O. The molecule has 0 N–H and O–H groups in total. The molecule has 1 rings (SSSR count). The van der Waals surface area contributed by atoms with Gasteiger partial charge in [0.15, 0.2) is 0 Å². The van der Waals surface area contributed by atoms with Crippen LogP contribution in [0.4, 0.5) is 8.78 Å². The van der Waals surface area contributed by atoms with Crippen molar-refractivity contribution in [3.63, 3.8) is 0 Å². The minimum absolute atomic E-state index is 0.0510. The zero-order chi connectivity index (χ0) is 10.6. The minimum atomic E-state index is -0.567. The average molecular weight is 263 g/mol. The molecule has 0 amide bonds. The predicted octanol–water partition coefficient (Wildman–Crippen LogP) is 3.25. The first-order valence-corrected chi connectivity index (χ1v) is 5.01. The molecule has 1 nitrogen and oxygen atoms in total. The smallest absolute Gasteiger partial charge is 0.130 e. The van der Waals surface area contributed by atoms with Gasteiger partial charge in [0.2, 0.25) is 0 Å². The van der Waals surface area contributed by atoms with E-state index in [-0.39, 0.29) is 12.0 Å². The number of benzene rings is 1. The molecule has 1 aromatic carbocycles. The monoisotopic (exact) mass is 262 g/mol. The second-order valence-electron chi connectivity index (χ2n) is 2.91. The maximum absolute atomic E-state index is 13.2. The van der Waals surface area contributed by atoms with Gasteiger partial charge in [-0.25, -0.2) is 8.78 Å². The van der Waals surface area contributed by atoms with Crippen molar-refractivity contribution in [2.24, 2.45) is 0 Å². The number of hydrogen-bond acceptors (Lipinski definition) is 1. The van der Waals surface area contributed by atoms with Crippen molar-refractivity contribution in [2.75, 3.05) is 0 Å². The third-order valence-electron chi connectivity index (χ3n) is 1.85. The summed E-state index contributed by atoms with van der Waals surface area (Å²) < 4.78 is 26.7. The van der Waals surface area contributed by atoms with Gasteiger partial charge in [-0.2, -0.15) is 0 Å². The highest BCUT2D eigenvalue weighted by atomic mass is 79.9. The Kier molecular flexibility index (Phi) is 4.20. The van der Waals surface area contributed by atoms with Gasteiger partial charge in [0.25, 0.3) is 0 Å². The van der Waals surface area contributed by atoms with Crippen LogP contribution in [0.1, 0.15) is 18.4 Å². The molecule has 1 aromatic rings. The molecule has 0 aromatic heterocycles. The molecule has 0 saturated carbocycles. The van der Waals surface area contributed by atoms with Crippen LogP contribution in [0.25, 0.3) is 0 Å². The SMILES string of the molecule is O=CCCCc1c(F)cc(Br)cc1F. The van der Waals surface area contributed by atoms with E-state index in [1.165, 1.54) is 12.1 Å². The van der Waals surface area contributed by atoms with Gasteiger partial charge in [0.1, 0.15) is 17.9 Å². The quantitative estimate of drug-likeness (QED) is 0.602. The van der Waals surface area contributed by atoms with Gasteiger partial charge in [-0.3, -0.25) is 0 Å². The highest BCUT2D eigenvalue weighted by molar-refractivity contribution is 9.10. The molecule has 0 aliphatic heterocycles. The van der Waals surface area contributed by atoms with Crippen LogP contribution in [0, 0.1) is 11.6 Å². The fourth-order valence-corrected chi connectivity index (χ4v) is 1.58. The Morgan fingerprint density at radius 3 is 2.36 bits per heavy atom. The minimum Gasteiger partial charge on any atom is -0.303 e. The molecule has 0 saturated heterocycles. The van der Waals surface area contributed by atoms with E-state index in [0.717, 1.165) is 6.29 Å². The van der Waals surface area contributed by atoms with Gasteiger partial charge < -0.3 is 4.79 Å². The summed E-state index contributed by atoms with van der Waals surface area (Å²) in [5.41, 5.74) is 0.0510. The standard InChI is InChI=1S/C10H9BrF2O/c11-7-5-9(12)8(10(13)6-7)3-1-2-4-14/h4-6H,1-3H2. The maximum atomic E-state index is 13.2. The Morgan fingerprint density at radius 1 is 1.29 bits per heavy atom. The molecule has 0 bridgehead atoms. The first-order valence-electron chi connectivity index (χ1n) is 4.22. The van der Waals surface area contributed by atoms with Crippen LogP contribution in [0.3, 0.4) is 0 Å². The van der Waals surface area contributed by atoms with Crippen molar-refractivity contribution in [3.05, 3.63) is 33.8 Å². The van der Waals surface area contributed by atoms with Crippen molar-refractivity contribution in [2.45, 2.75) is 19.3 Å². The zero-order valence-corrected chi connectivity index (χ0v) is 8.98. The second kappa shape index (κ2) is 5.20. The van der Waals surface area contributed by atoms with Gasteiger partial charge >= 0.3 is 0 Å². The van der Waals surface area contributed by atoms with Gasteiger partial charge in [-0.15, -0.1) is 0 Å². The van der Waals surface area contributed by atoms with Gasteiger partial charge in [0, 0.05) is 16.5 Å². The number of carbonyl (C=O) groups is 1. The third kappa shape index (κ3) is 2.87. The number of unbranched alkanes of at least 4 members (excludes halogenated alkanes) is 1. The number of hydrogen-bond donors (Lipinski definition) is 0. The summed E-state index contributed by atoms with van der Waals surface area (Å²) in [5.74, 6) is -1.13. The molecule has 0 atom stereocenters. The normalized spacial score (nSPS) is 10.2. The summed E-state index contributed by atoms with van der Waals surface area (Å²) >= 11 is 2.99. The lowest BCUT2D eigenvalue weighted by Crippen LogP contribution is -1.96. The van der Waals surface area contributed by atoms with Crippen LogP contribution in [0.2, 0.25) is 0 Å². The third-order valence-corrected chi connectivity index (χ3v) is 2.31. The van der Waals surface area contributed by atoms with Gasteiger partial charge in [0.05, 0.1) is 0 Å². The Bertz CT molecular complexity index is 316. The predicted molar refractivity (Wildman–Crippen MR) is 53.1 cm³/mol. The number of carbonyl (C=O) groups excluding carboxylic acids is 1. The van der Waals surface area contributed by atoms with E-state index in [1.54, 1.807) is 0 Å². The molecule has 0 heterocycles. The number of rotatable bonds is 4. The highest BCUT2D eigenvalue weighted by Gasteiger charge is 2.09. The van der Waals surface area contributed by atoms with Gasteiger partial charge in [-0.1, -0.05) is 15.9 Å².